The monoisotopic (exact) mass is 389 g/mol. The van der Waals surface area contributed by atoms with Crippen molar-refractivity contribution in [1.82, 2.24) is 20.3 Å². The molecule has 4 aromatic rings. The molecule has 146 valence electrons. The lowest BCUT2D eigenvalue weighted by Crippen LogP contribution is -2.04. The van der Waals surface area contributed by atoms with Crippen LogP contribution in [0.2, 0.25) is 0 Å². The lowest BCUT2D eigenvalue weighted by molar-refractivity contribution is 0.410. The van der Waals surface area contributed by atoms with E-state index in [0.717, 1.165) is 22.6 Å². The molecule has 0 bridgehead atoms. The summed E-state index contributed by atoms with van der Waals surface area (Å²) in [6.07, 6.45) is 0. The Hall–Kier alpha value is -3.94. The summed E-state index contributed by atoms with van der Waals surface area (Å²) in [6.45, 7) is 0.570. The standard InChI is InChI=1S/C21H19N5O3/c1-27-16-9-7-14(8-10-16)20-23-21(29-26-20)17-11-12-19(25-24-17)22-13-15-5-3-4-6-18(15)28-2/h3-12H,13H2,1-2H3,(H,22,25). The van der Waals surface area contributed by atoms with E-state index in [9.17, 15) is 0 Å². The van der Waals surface area contributed by atoms with Crippen molar-refractivity contribution in [1.29, 1.82) is 0 Å². The molecule has 0 spiro atoms. The second-order valence-corrected chi connectivity index (χ2v) is 6.12. The maximum atomic E-state index is 5.35. The summed E-state index contributed by atoms with van der Waals surface area (Å²) in [4.78, 5) is 4.39. The van der Waals surface area contributed by atoms with Gasteiger partial charge in [0, 0.05) is 17.7 Å². The molecule has 8 nitrogen and oxygen atoms in total. The summed E-state index contributed by atoms with van der Waals surface area (Å²) in [5.41, 5.74) is 2.35. The van der Waals surface area contributed by atoms with Gasteiger partial charge in [0.2, 0.25) is 5.82 Å². The molecule has 0 fully saturated rings. The molecule has 8 heteroatoms. The fourth-order valence-electron chi connectivity index (χ4n) is 2.76. The van der Waals surface area contributed by atoms with Crippen LogP contribution >= 0.6 is 0 Å². The molecule has 0 saturated heterocycles. The van der Waals surface area contributed by atoms with Crippen molar-refractivity contribution >= 4 is 5.82 Å². The summed E-state index contributed by atoms with van der Waals surface area (Å²) in [5, 5.41) is 15.6. The number of hydrogen-bond donors (Lipinski definition) is 1. The van der Waals surface area contributed by atoms with E-state index in [1.54, 1.807) is 20.3 Å². The number of anilines is 1. The summed E-state index contributed by atoms with van der Waals surface area (Å²) < 4.78 is 15.8. The second kappa shape index (κ2) is 8.39. The number of nitrogens with one attached hydrogen (secondary N) is 1. The highest BCUT2D eigenvalue weighted by Crippen LogP contribution is 2.23. The van der Waals surface area contributed by atoms with Crippen molar-refractivity contribution in [3.05, 3.63) is 66.2 Å². The van der Waals surface area contributed by atoms with Gasteiger partial charge >= 0.3 is 0 Å². The Morgan fingerprint density at radius 1 is 0.897 bits per heavy atom. The highest BCUT2D eigenvalue weighted by atomic mass is 16.5. The van der Waals surface area contributed by atoms with Crippen LogP contribution in [0.1, 0.15) is 5.56 Å². The third kappa shape index (κ3) is 4.16. The van der Waals surface area contributed by atoms with Gasteiger partial charge < -0.3 is 19.3 Å². The Morgan fingerprint density at radius 3 is 2.45 bits per heavy atom. The van der Waals surface area contributed by atoms with Gasteiger partial charge in [0.15, 0.2) is 5.69 Å². The number of rotatable bonds is 7. The third-order valence-electron chi connectivity index (χ3n) is 4.31. The first-order valence-electron chi connectivity index (χ1n) is 8.95. The molecule has 2 aromatic carbocycles. The molecule has 29 heavy (non-hydrogen) atoms. The predicted molar refractivity (Wildman–Crippen MR) is 108 cm³/mol. The molecule has 2 aromatic heterocycles. The molecule has 2 heterocycles. The van der Waals surface area contributed by atoms with Gasteiger partial charge in [-0.1, -0.05) is 23.4 Å². The number of para-hydroxylation sites is 1. The maximum Gasteiger partial charge on any atom is 0.278 e. The Balaban J connectivity index is 1.44. The molecular formula is C21H19N5O3. The molecule has 4 rings (SSSR count). The number of ether oxygens (including phenoxy) is 2. The van der Waals surface area contributed by atoms with Crippen molar-refractivity contribution in [2.75, 3.05) is 19.5 Å². The molecule has 0 atom stereocenters. The molecule has 0 aliphatic carbocycles. The van der Waals surface area contributed by atoms with Crippen LogP contribution in [0.15, 0.2) is 65.2 Å². The zero-order valence-corrected chi connectivity index (χ0v) is 16.0. The van der Waals surface area contributed by atoms with Crippen molar-refractivity contribution in [2.24, 2.45) is 0 Å². The van der Waals surface area contributed by atoms with Gasteiger partial charge in [-0.25, -0.2) is 0 Å². The topological polar surface area (TPSA) is 95.2 Å². The van der Waals surface area contributed by atoms with Crippen molar-refractivity contribution in [3.63, 3.8) is 0 Å². The summed E-state index contributed by atoms with van der Waals surface area (Å²) in [7, 11) is 3.27. The van der Waals surface area contributed by atoms with E-state index < -0.39 is 0 Å². The van der Waals surface area contributed by atoms with E-state index in [1.807, 2.05) is 54.6 Å². The fourth-order valence-corrected chi connectivity index (χ4v) is 2.76. The summed E-state index contributed by atoms with van der Waals surface area (Å²) >= 11 is 0. The average molecular weight is 389 g/mol. The van der Waals surface area contributed by atoms with Crippen LogP contribution in [-0.4, -0.2) is 34.6 Å². The zero-order valence-electron chi connectivity index (χ0n) is 16.0. The molecule has 0 amide bonds. The van der Waals surface area contributed by atoms with E-state index in [-0.39, 0.29) is 0 Å². The zero-order chi connectivity index (χ0) is 20.1. The molecule has 1 N–H and O–H groups in total. The maximum absolute atomic E-state index is 5.35. The molecular weight excluding hydrogens is 370 g/mol. The number of aromatic nitrogens is 4. The van der Waals surface area contributed by atoms with E-state index in [2.05, 4.69) is 25.7 Å². The summed E-state index contributed by atoms with van der Waals surface area (Å²) in [5.74, 6) is 3.00. The predicted octanol–water partition coefficient (Wildman–Crippen LogP) is 3.82. The molecule has 0 aliphatic rings. The van der Waals surface area contributed by atoms with Crippen LogP contribution in [0.3, 0.4) is 0 Å². The van der Waals surface area contributed by atoms with E-state index >= 15 is 0 Å². The van der Waals surface area contributed by atoms with Gasteiger partial charge in [0.1, 0.15) is 17.3 Å². The van der Waals surface area contributed by atoms with Crippen molar-refractivity contribution in [2.45, 2.75) is 6.54 Å². The minimum absolute atomic E-state index is 0.305. The normalized spacial score (nSPS) is 10.6. The van der Waals surface area contributed by atoms with Crippen LogP contribution < -0.4 is 14.8 Å². The quantitative estimate of drug-likeness (QED) is 0.510. The number of nitrogens with zero attached hydrogens (tertiary/aromatic N) is 4. The first-order valence-corrected chi connectivity index (χ1v) is 8.95. The first-order chi connectivity index (χ1) is 14.3. The van der Waals surface area contributed by atoms with Gasteiger partial charge in [-0.05, 0) is 42.5 Å². The first kappa shape index (κ1) is 18.4. The fraction of sp³-hybridized carbons (Fsp3) is 0.143. The van der Waals surface area contributed by atoms with Gasteiger partial charge in [0.25, 0.3) is 5.89 Å². The van der Waals surface area contributed by atoms with Crippen molar-refractivity contribution in [3.8, 4) is 34.5 Å². The second-order valence-electron chi connectivity index (χ2n) is 6.12. The minimum atomic E-state index is 0.305. The van der Waals surface area contributed by atoms with Gasteiger partial charge in [-0.15, -0.1) is 10.2 Å². The van der Waals surface area contributed by atoms with E-state index in [1.165, 1.54) is 0 Å². The van der Waals surface area contributed by atoms with E-state index in [0.29, 0.717) is 29.8 Å². The molecule has 0 aliphatic heterocycles. The Kier molecular flexibility index (Phi) is 5.33. The lowest BCUT2D eigenvalue weighted by atomic mass is 10.2. The average Bonchev–Trinajstić information content (AvgIpc) is 3.28. The third-order valence-corrected chi connectivity index (χ3v) is 4.31. The van der Waals surface area contributed by atoms with Gasteiger partial charge in [-0.3, -0.25) is 0 Å². The van der Waals surface area contributed by atoms with Crippen molar-refractivity contribution < 1.29 is 14.0 Å². The van der Waals surface area contributed by atoms with Crippen LogP contribution in [0.25, 0.3) is 23.0 Å². The Morgan fingerprint density at radius 2 is 1.72 bits per heavy atom. The van der Waals surface area contributed by atoms with E-state index in [4.69, 9.17) is 14.0 Å². The van der Waals surface area contributed by atoms with Crippen LogP contribution in [0.4, 0.5) is 5.82 Å². The van der Waals surface area contributed by atoms with Crippen LogP contribution in [0.5, 0.6) is 11.5 Å². The highest BCUT2D eigenvalue weighted by molar-refractivity contribution is 5.59. The molecule has 0 radical (unpaired) electrons. The Labute approximate surface area is 167 Å². The number of methoxy groups -OCH3 is 2. The minimum Gasteiger partial charge on any atom is -0.497 e. The SMILES string of the molecule is COc1ccc(-c2noc(-c3ccc(NCc4ccccc4OC)nn3)n2)cc1. The summed E-state index contributed by atoms with van der Waals surface area (Å²) in [6, 6.07) is 18.8. The number of benzene rings is 2. The van der Waals surface area contributed by atoms with Gasteiger partial charge in [0.05, 0.1) is 14.2 Å². The van der Waals surface area contributed by atoms with Gasteiger partial charge in [-0.2, -0.15) is 4.98 Å². The molecule has 0 unspecified atom stereocenters. The smallest absolute Gasteiger partial charge is 0.278 e. The largest absolute Gasteiger partial charge is 0.497 e. The number of hydrogen-bond acceptors (Lipinski definition) is 8. The van der Waals surface area contributed by atoms with Crippen LogP contribution in [-0.2, 0) is 6.54 Å². The Bertz CT molecular complexity index is 1080. The molecule has 0 saturated carbocycles. The van der Waals surface area contributed by atoms with Crippen LogP contribution in [0, 0.1) is 0 Å². The lowest BCUT2D eigenvalue weighted by Gasteiger charge is -2.09. The highest BCUT2D eigenvalue weighted by Gasteiger charge is 2.12.